The Morgan fingerprint density at radius 1 is 0.676 bits per heavy atom. The maximum absolute atomic E-state index is 5.87. The zero-order valence-electron chi connectivity index (χ0n) is 18.6. The molecular formula is C29H25Br2NO2. The summed E-state index contributed by atoms with van der Waals surface area (Å²) in [7, 11) is 0. The first-order valence-electron chi connectivity index (χ1n) is 11.0. The van der Waals surface area contributed by atoms with Crippen LogP contribution in [0.2, 0.25) is 0 Å². The summed E-state index contributed by atoms with van der Waals surface area (Å²) in [5.74, 6) is 1.67. The van der Waals surface area contributed by atoms with Gasteiger partial charge in [0.1, 0.15) is 24.7 Å². The molecule has 1 aliphatic rings. The second kappa shape index (κ2) is 11.9. The maximum Gasteiger partial charge on any atom is 0.136 e. The molecule has 2 N–H and O–H groups in total. The Labute approximate surface area is 217 Å². The lowest BCUT2D eigenvalue weighted by Gasteiger charge is -2.10. The number of hydrogen-bond acceptors (Lipinski definition) is 3. The summed E-state index contributed by atoms with van der Waals surface area (Å²) in [6.45, 7) is 1.14. The summed E-state index contributed by atoms with van der Waals surface area (Å²) in [5, 5.41) is 0. The quantitative estimate of drug-likeness (QED) is 0.234. The Morgan fingerprint density at radius 2 is 1.26 bits per heavy atom. The summed E-state index contributed by atoms with van der Waals surface area (Å²) in [6, 6.07) is 30.0. The summed E-state index contributed by atoms with van der Waals surface area (Å²) >= 11 is 6.99. The first-order valence-corrected chi connectivity index (χ1v) is 12.5. The van der Waals surface area contributed by atoms with Gasteiger partial charge in [-0.2, -0.15) is 0 Å². The summed E-state index contributed by atoms with van der Waals surface area (Å²) < 4.78 is 13.5. The van der Waals surface area contributed by atoms with Crippen LogP contribution in [0.3, 0.4) is 0 Å². The third-order valence-corrected chi connectivity index (χ3v) is 6.53. The van der Waals surface area contributed by atoms with Crippen molar-refractivity contribution in [2.45, 2.75) is 19.6 Å². The van der Waals surface area contributed by atoms with Crippen LogP contribution in [0.5, 0.6) is 11.5 Å². The van der Waals surface area contributed by atoms with Crippen molar-refractivity contribution >= 4 is 43.6 Å². The van der Waals surface area contributed by atoms with Crippen molar-refractivity contribution in [3.63, 3.8) is 0 Å². The van der Waals surface area contributed by atoms with Gasteiger partial charge in [0.15, 0.2) is 0 Å². The molecule has 0 fully saturated rings. The molecule has 34 heavy (non-hydrogen) atoms. The molecule has 0 heterocycles. The second-order valence-corrected chi connectivity index (χ2v) is 9.54. The molecule has 0 atom stereocenters. The number of benzene rings is 4. The van der Waals surface area contributed by atoms with Crippen molar-refractivity contribution < 1.29 is 9.47 Å². The molecule has 0 spiro atoms. The minimum Gasteiger partial charge on any atom is -0.488 e. The number of fused-ring (bicyclic) bond motifs is 1. The van der Waals surface area contributed by atoms with Crippen LogP contribution in [0.25, 0.3) is 6.08 Å². The molecule has 0 aliphatic heterocycles. The molecule has 4 aromatic rings. The van der Waals surface area contributed by atoms with Crippen molar-refractivity contribution in [3.8, 4) is 11.5 Å². The topological polar surface area (TPSA) is 44.5 Å². The Hall–Kier alpha value is -3.02. The average Bonchev–Trinajstić information content (AvgIpc) is 3.32. The second-order valence-electron chi connectivity index (χ2n) is 7.83. The number of hydrogen-bond donors (Lipinski definition) is 1. The van der Waals surface area contributed by atoms with Crippen LogP contribution >= 0.6 is 31.9 Å². The van der Waals surface area contributed by atoms with Crippen LogP contribution in [0.4, 0.5) is 5.69 Å². The van der Waals surface area contributed by atoms with E-state index in [2.05, 4.69) is 68.3 Å². The summed E-state index contributed by atoms with van der Waals surface area (Å²) in [4.78, 5) is 0. The highest BCUT2D eigenvalue weighted by Gasteiger charge is 2.10. The minimum absolute atomic E-state index is 0.545. The van der Waals surface area contributed by atoms with Crippen molar-refractivity contribution in [2.75, 3.05) is 5.73 Å². The van der Waals surface area contributed by atoms with E-state index in [0.29, 0.717) is 18.9 Å². The molecule has 1 aliphatic carbocycles. The summed E-state index contributed by atoms with van der Waals surface area (Å²) in [5.41, 5.74) is 11.3. The molecule has 0 bridgehead atoms. The third kappa shape index (κ3) is 6.75. The monoisotopic (exact) mass is 577 g/mol. The van der Waals surface area contributed by atoms with Gasteiger partial charge >= 0.3 is 0 Å². The van der Waals surface area contributed by atoms with E-state index in [9.17, 15) is 0 Å². The van der Waals surface area contributed by atoms with Crippen LogP contribution in [-0.2, 0) is 19.6 Å². The number of ether oxygens (including phenoxy) is 2. The van der Waals surface area contributed by atoms with Gasteiger partial charge in [0.2, 0.25) is 0 Å². The van der Waals surface area contributed by atoms with Crippen molar-refractivity contribution in [2.24, 2.45) is 0 Å². The normalized spacial score (nSPS) is 11.4. The number of nitrogens with two attached hydrogens (primary N) is 1. The van der Waals surface area contributed by atoms with Gasteiger partial charge in [0.05, 0.1) is 8.95 Å². The van der Waals surface area contributed by atoms with E-state index in [1.165, 1.54) is 16.7 Å². The van der Waals surface area contributed by atoms with Crippen LogP contribution in [-0.4, -0.2) is 0 Å². The predicted octanol–water partition coefficient (Wildman–Crippen LogP) is 8.21. The van der Waals surface area contributed by atoms with Crippen molar-refractivity contribution in [1.29, 1.82) is 0 Å². The molecule has 0 unspecified atom stereocenters. The van der Waals surface area contributed by atoms with Gasteiger partial charge in [0, 0.05) is 11.8 Å². The minimum atomic E-state index is 0.545. The van der Waals surface area contributed by atoms with Gasteiger partial charge in [0.25, 0.3) is 0 Å². The lowest BCUT2D eigenvalue weighted by Crippen LogP contribution is -1.96. The van der Waals surface area contributed by atoms with Crippen LogP contribution in [0, 0.1) is 0 Å². The molecule has 5 rings (SSSR count). The van der Waals surface area contributed by atoms with Crippen LogP contribution in [0.15, 0.2) is 106 Å². The fourth-order valence-electron chi connectivity index (χ4n) is 3.47. The largest absolute Gasteiger partial charge is 0.488 e. The highest BCUT2D eigenvalue weighted by Crippen LogP contribution is 2.33. The first-order chi connectivity index (χ1) is 16.6. The Morgan fingerprint density at radius 3 is 1.88 bits per heavy atom. The van der Waals surface area contributed by atoms with Gasteiger partial charge in [-0.15, -0.1) is 0 Å². The van der Waals surface area contributed by atoms with E-state index < -0.39 is 0 Å². The SMILES string of the molecule is Brc1cc2c(cc1OCc1ccccc1)C=CC2.Nc1ccc(Br)c(OCc2ccccc2)c1. The molecule has 5 heteroatoms. The molecule has 3 nitrogen and oxygen atoms in total. The average molecular weight is 579 g/mol. The lowest BCUT2D eigenvalue weighted by atomic mass is 10.1. The zero-order valence-corrected chi connectivity index (χ0v) is 21.8. The Bertz CT molecular complexity index is 1260. The highest BCUT2D eigenvalue weighted by atomic mass is 79.9. The first kappa shape index (κ1) is 24.1. The number of anilines is 1. The Kier molecular flexibility index (Phi) is 8.45. The third-order valence-electron chi connectivity index (χ3n) is 5.26. The fourth-order valence-corrected chi connectivity index (χ4v) is 4.33. The molecule has 0 aromatic heterocycles. The predicted molar refractivity (Wildman–Crippen MR) is 147 cm³/mol. The smallest absolute Gasteiger partial charge is 0.136 e. The van der Waals surface area contributed by atoms with Gasteiger partial charge in [-0.05, 0) is 84.8 Å². The lowest BCUT2D eigenvalue weighted by molar-refractivity contribution is 0.304. The number of nitrogen functional groups attached to an aromatic ring is 1. The standard InChI is InChI=1S/C16H13BrO.C13H12BrNO/c17-15-9-13-7-4-8-14(13)10-16(15)18-11-12-5-2-1-3-6-12;14-12-7-6-11(15)8-13(12)16-9-10-4-2-1-3-5-10/h1-6,8-10H,7,11H2;1-8H,9,15H2. The van der Waals surface area contributed by atoms with E-state index in [1.54, 1.807) is 0 Å². The highest BCUT2D eigenvalue weighted by molar-refractivity contribution is 9.10. The van der Waals surface area contributed by atoms with Gasteiger partial charge in [-0.1, -0.05) is 72.8 Å². The summed E-state index contributed by atoms with van der Waals surface area (Å²) in [6.07, 6.45) is 5.35. The van der Waals surface area contributed by atoms with Gasteiger partial charge in [-0.25, -0.2) is 0 Å². The van der Waals surface area contributed by atoms with E-state index >= 15 is 0 Å². The molecule has 0 saturated heterocycles. The molecule has 0 radical (unpaired) electrons. The van der Waals surface area contributed by atoms with Gasteiger partial charge in [-0.3, -0.25) is 0 Å². The molecule has 172 valence electrons. The molecular weight excluding hydrogens is 554 g/mol. The maximum atomic E-state index is 5.87. The number of halogens is 2. The van der Waals surface area contributed by atoms with E-state index in [1.807, 2.05) is 66.7 Å². The zero-order chi connectivity index (χ0) is 23.8. The van der Waals surface area contributed by atoms with E-state index in [4.69, 9.17) is 15.2 Å². The number of rotatable bonds is 6. The Balaban J connectivity index is 0.000000162. The van der Waals surface area contributed by atoms with Gasteiger partial charge < -0.3 is 15.2 Å². The molecule has 4 aromatic carbocycles. The van der Waals surface area contributed by atoms with Crippen LogP contribution in [0.1, 0.15) is 22.3 Å². The van der Waals surface area contributed by atoms with E-state index in [-0.39, 0.29) is 0 Å². The number of allylic oxidation sites excluding steroid dienone is 1. The van der Waals surface area contributed by atoms with Crippen LogP contribution < -0.4 is 15.2 Å². The molecule has 0 saturated carbocycles. The molecule has 0 amide bonds. The van der Waals surface area contributed by atoms with E-state index in [0.717, 1.165) is 32.4 Å². The fraction of sp³-hybridized carbons (Fsp3) is 0.103. The van der Waals surface area contributed by atoms with Crippen molar-refractivity contribution in [1.82, 2.24) is 0 Å². The van der Waals surface area contributed by atoms with Crippen molar-refractivity contribution in [3.05, 3.63) is 128 Å².